The number of nitrogens with one attached hydrogen (secondary N) is 1. The van der Waals surface area contributed by atoms with Gasteiger partial charge in [-0.15, -0.1) is 0 Å². The molecule has 0 unspecified atom stereocenters. The van der Waals surface area contributed by atoms with Crippen molar-refractivity contribution in [3.05, 3.63) is 83.7 Å². The molecule has 0 saturated carbocycles. The van der Waals surface area contributed by atoms with Crippen molar-refractivity contribution in [3.63, 3.8) is 0 Å². The van der Waals surface area contributed by atoms with E-state index in [-0.39, 0.29) is 10.8 Å². The van der Waals surface area contributed by atoms with Crippen LogP contribution in [0.15, 0.2) is 71.6 Å². The van der Waals surface area contributed by atoms with Gasteiger partial charge >= 0.3 is 6.18 Å². The molecular formula is C23H20F3N3O2S. The van der Waals surface area contributed by atoms with E-state index in [9.17, 15) is 21.6 Å². The number of H-pyrrole nitrogens is 1. The van der Waals surface area contributed by atoms with Crippen LogP contribution < -0.4 is 5.14 Å². The summed E-state index contributed by atoms with van der Waals surface area (Å²) in [5.74, 6) is 0.406. The Bertz CT molecular complexity index is 1380. The van der Waals surface area contributed by atoms with Crippen LogP contribution in [0, 0.1) is 0 Å². The number of primary sulfonamides is 1. The normalized spacial score (nSPS) is 13.4. The van der Waals surface area contributed by atoms with Gasteiger partial charge in [-0.1, -0.05) is 43.3 Å². The molecule has 1 atom stereocenters. The lowest BCUT2D eigenvalue weighted by atomic mass is 9.95. The minimum absolute atomic E-state index is 0.0197. The molecule has 9 heteroatoms. The Morgan fingerprint density at radius 1 is 1.03 bits per heavy atom. The van der Waals surface area contributed by atoms with E-state index in [4.69, 9.17) is 5.14 Å². The van der Waals surface area contributed by atoms with E-state index in [1.165, 1.54) is 18.2 Å². The number of hydrogen-bond acceptors (Lipinski definition) is 3. The highest BCUT2D eigenvalue weighted by molar-refractivity contribution is 7.89. The lowest BCUT2D eigenvalue weighted by Crippen LogP contribution is -2.13. The van der Waals surface area contributed by atoms with Crippen molar-refractivity contribution < 1.29 is 21.6 Å². The Morgan fingerprint density at radius 2 is 1.72 bits per heavy atom. The fourth-order valence-electron chi connectivity index (χ4n) is 3.80. The molecule has 4 rings (SSSR count). The predicted octanol–water partition coefficient (Wildman–Crippen LogP) is 5.44. The molecule has 3 aromatic carbocycles. The van der Waals surface area contributed by atoms with Gasteiger partial charge in [0.1, 0.15) is 5.82 Å². The average Bonchev–Trinajstić information content (AvgIpc) is 3.16. The molecule has 166 valence electrons. The number of aromatic amines is 1. The van der Waals surface area contributed by atoms with Crippen LogP contribution in [0.25, 0.3) is 22.2 Å². The number of aromatic nitrogens is 2. The van der Waals surface area contributed by atoms with Gasteiger partial charge in [0.25, 0.3) is 0 Å². The third kappa shape index (κ3) is 4.26. The van der Waals surface area contributed by atoms with Crippen molar-refractivity contribution in [2.45, 2.75) is 30.3 Å². The number of alkyl halides is 3. The van der Waals surface area contributed by atoms with Crippen LogP contribution in [0.3, 0.4) is 0 Å². The van der Waals surface area contributed by atoms with Crippen molar-refractivity contribution in [1.82, 2.24) is 9.97 Å². The molecule has 0 saturated heterocycles. The Hall–Kier alpha value is -3.17. The van der Waals surface area contributed by atoms with Crippen LogP contribution in [0.5, 0.6) is 0 Å². The van der Waals surface area contributed by atoms with Crippen molar-refractivity contribution in [2.75, 3.05) is 0 Å². The zero-order valence-electron chi connectivity index (χ0n) is 17.0. The van der Waals surface area contributed by atoms with Crippen LogP contribution in [0.1, 0.15) is 36.2 Å². The van der Waals surface area contributed by atoms with Crippen molar-refractivity contribution in [2.24, 2.45) is 5.14 Å². The zero-order valence-corrected chi connectivity index (χ0v) is 17.8. The second kappa shape index (κ2) is 8.07. The molecule has 0 spiro atoms. The quantitative estimate of drug-likeness (QED) is 0.417. The molecule has 0 aliphatic carbocycles. The van der Waals surface area contributed by atoms with Gasteiger partial charge in [-0.2, -0.15) is 13.2 Å². The van der Waals surface area contributed by atoms with Gasteiger partial charge in [0.05, 0.1) is 21.5 Å². The fourth-order valence-corrected chi connectivity index (χ4v) is 4.56. The molecule has 1 aromatic heterocycles. The van der Waals surface area contributed by atoms with Crippen molar-refractivity contribution in [1.29, 1.82) is 0 Å². The van der Waals surface area contributed by atoms with E-state index in [1.54, 1.807) is 36.4 Å². The Balaban J connectivity index is 1.73. The van der Waals surface area contributed by atoms with Gasteiger partial charge in [-0.05, 0) is 47.9 Å². The topological polar surface area (TPSA) is 88.8 Å². The lowest BCUT2D eigenvalue weighted by Gasteiger charge is -2.14. The minimum atomic E-state index is -4.39. The van der Waals surface area contributed by atoms with Crippen LogP contribution in [0.2, 0.25) is 0 Å². The number of nitrogens with zero attached hydrogens (tertiary/aromatic N) is 1. The first kappa shape index (κ1) is 22.0. The molecule has 0 fully saturated rings. The molecule has 3 N–H and O–H groups in total. The molecule has 1 heterocycles. The van der Waals surface area contributed by atoms with Gasteiger partial charge in [-0.3, -0.25) is 0 Å². The van der Waals surface area contributed by atoms with E-state index >= 15 is 0 Å². The van der Waals surface area contributed by atoms with Gasteiger partial charge < -0.3 is 4.98 Å². The second-order valence-corrected chi connectivity index (χ2v) is 9.01. The highest BCUT2D eigenvalue weighted by Gasteiger charge is 2.30. The Labute approximate surface area is 183 Å². The maximum atomic E-state index is 12.9. The van der Waals surface area contributed by atoms with Crippen LogP contribution in [-0.4, -0.2) is 18.4 Å². The van der Waals surface area contributed by atoms with Gasteiger partial charge in [-0.25, -0.2) is 18.5 Å². The van der Waals surface area contributed by atoms with Crippen LogP contribution in [-0.2, 0) is 16.2 Å². The number of rotatable bonds is 5. The SMILES string of the molecule is CC[C@H](c1ccc(C(F)(F)F)cc1)c1nc2cc(-c3ccccc3S(N)(=O)=O)ccc2[nH]1. The van der Waals surface area contributed by atoms with Crippen LogP contribution >= 0.6 is 0 Å². The van der Waals surface area contributed by atoms with Crippen LogP contribution in [0.4, 0.5) is 13.2 Å². The molecule has 0 amide bonds. The van der Waals surface area contributed by atoms with E-state index in [1.807, 2.05) is 6.92 Å². The molecule has 0 radical (unpaired) electrons. The second-order valence-electron chi connectivity index (χ2n) is 7.48. The predicted molar refractivity (Wildman–Crippen MR) is 116 cm³/mol. The summed E-state index contributed by atoms with van der Waals surface area (Å²) in [7, 11) is -3.91. The molecule has 0 aliphatic rings. The minimum Gasteiger partial charge on any atom is -0.341 e. The number of halogens is 3. The standard InChI is InChI=1S/C23H20F3N3O2S/c1-2-17(14-7-10-16(11-8-14)23(24,25)26)22-28-19-12-9-15(13-20(19)29-22)18-5-3-4-6-21(18)32(27,30)31/h3-13,17H,2H2,1H3,(H,28,29)(H2,27,30,31)/t17-/m1/s1. The molecule has 32 heavy (non-hydrogen) atoms. The highest BCUT2D eigenvalue weighted by Crippen LogP contribution is 2.34. The summed E-state index contributed by atoms with van der Waals surface area (Å²) >= 11 is 0. The molecule has 5 nitrogen and oxygen atoms in total. The summed E-state index contributed by atoms with van der Waals surface area (Å²) in [5.41, 5.74) is 2.49. The van der Waals surface area contributed by atoms with Crippen molar-refractivity contribution >= 4 is 21.1 Å². The third-order valence-corrected chi connectivity index (χ3v) is 6.35. The highest BCUT2D eigenvalue weighted by atomic mass is 32.2. The van der Waals surface area contributed by atoms with Gasteiger partial charge in [0.15, 0.2) is 0 Å². The maximum absolute atomic E-state index is 12.9. The summed E-state index contributed by atoms with van der Waals surface area (Å²) < 4.78 is 62.5. The summed E-state index contributed by atoms with van der Waals surface area (Å²) in [6.45, 7) is 1.93. The van der Waals surface area contributed by atoms with E-state index in [0.717, 1.165) is 23.2 Å². The number of hydrogen-bond donors (Lipinski definition) is 2. The summed E-state index contributed by atoms with van der Waals surface area (Å²) in [6.07, 6.45) is -3.75. The monoisotopic (exact) mass is 459 g/mol. The van der Waals surface area contributed by atoms with Crippen molar-refractivity contribution in [3.8, 4) is 11.1 Å². The van der Waals surface area contributed by atoms with Gasteiger partial charge in [0.2, 0.25) is 10.0 Å². The molecule has 4 aromatic rings. The third-order valence-electron chi connectivity index (χ3n) is 5.38. The number of sulfonamides is 1. The molecule has 0 aliphatic heterocycles. The summed E-state index contributed by atoms with van der Waals surface area (Å²) in [5, 5.41) is 5.35. The molecular weight excluding hydrogens is 439 g/mol. The first-order valence-corrected chi connectivity index (χ1v) is 11.4. The smallest absolute Gasteiger partial charge is 0.341 e. The van der Waals surface area contributed by atoms with E-state index in [0.29, 0.717) is 28.9 Å². The number of nitrogens with two attached hydrogens (primary N) is 1. The van der Waals surface area contributed by atoms with E-state index in [2.05, 4.69) is 9.97 Å². The lowest BCUT2D eigenvalue weighted by molar-refractivity contribution is -0.137. The zero-order chi connectivity index (χ0) is 23.1. The fraction of sp³-hybridized carbons (Fsp3) is 0.174. The number of imidazole rings is 1. The average molecular weight is 459 g/mol. The number of benzene rings is 3. The summed E-state index contributed by atoms with van der Waals surface area (Å²) in [6, 6.07) is 16.9. The Kier molecular flexibility index (Phi) is 5.56. The maximum Gasteiger partial charge on any atom is 0.416 e. The van der Waals surface area contributed by atoms with E-state index < -0.39 is 21.8 Å². The first-order valence-electron chi connectivity index (χ1n) is 9.87. The van der Waals surface area contributed by atoms with Gasteiger partial charge in [0, 0.05) is 11.5 Å². The summed E-state index contributed by atoms with van der Waals surface area (Å²) in [4.78, 5) is 7.91. The molecule has 0 bridgehead atoms. The number of fused-ring (bicyclic) bond motifs is 1. The Morgan fingerprint density at radius 3 is 2.34 bits per heavy atom. The largest absolute Gasteiger partial charge is 0.416 e. The first-order chi connectivity index (χ1) is 15.1.